The van der Waals surface area contributed by atoms with Crippen LogP contribution < -0.4 is 0 Å². The minimum absolute atomic E-state index is 0.418. The highest BCUT2D eigenvalue weighted by atomic mass is 15.5. The van der Waals surface area contributed by atoms with Crippen molar-refractivity contribution in [3.8, 4) is 0 Å². The molecule has 0 radical (unpaired) electrons. The molecule has 1 aromatic rings. The third-order valence-electron chi connectivity index (χ3n) is 2.89. The number of nitrogens with zero attached hydrogens (tertiary/aromatic N) is 4. The van der Waals surface area contributed by atoms with E-state index in [9.17, 15) is 0 Å². The predicted octanol–water partition coefficient (Wildman–Crippen LogP) is 0.499. The van der Waals surface area contributed by atoms with Gasteiger partial charge in [-0.3, -0.25) is 0 Å². The van der Waals surface area contributed by atoms with Crippen LogP contribution in [0, 0.1) is 0 Å². The molecule has 4 nitrogen and oxygen atoms in total. The summed E-state index contributed by atoms with van der Waals surface area (Å²) in [7, 11) is 0. The molecule has 0 bridgehead atoms. The molecule has 2 heterocycles. The van der Waals surface area contributed by atoms with Crippen LogP contribution in [0.5, 0.6) is 0 Å². The van der Waals surface area contributed by atoms with Gasteiger partial charge < -0.3 is 0 Å². The lowest BCUT2D eigenvalue weighted by Gasteiger charge is -2.19. The second-order valence-electron chi connectivity index (χ2n) is 3.61. The summed E-state index contributed by atoms with van der Waals surface area (Å²) in [5.41, 5.74) is 0.418. The maximum atomic E-state index is 4.07. The van der Waals surface area contributed by atoms with Crippen molar-refractivity contribution in [1.82, 2.24) is 20.2 Å². The number of aryl methyl sites for hydroxylation is 1. The first-order valence-corrected chi connectivity index (χ1v) is 4.17. The van der Waals surface area contributed by atoms with E-state index in [0.29, 0.717) is 5.41 Å². The number of fused-ring (bicyclic) bond motifs is 2. The maximum absolute atomic E-state index is 4.07. The molecule has 0 aromatic carbocycles. The van der Waals surface area contributed by atoms with Crippen LogP contribution in [0.25, 0.3) is 0 Å². The van der Waals surface area contributed by atoms with Crippen molar-refractivity contribution < 1.29 is 0 Å². The third kappa shape index (κ3) is 0.619. The molecule has 1 aliphatic carbocycles. The van der Waals surface area contributed by atoms with Crippen molar-refractivity contribution in [2.24, 2.45) is 0 Å². The second-order valence-corrected chi connectivity index (χ2v) is 3.61. The Balaban J connectivity index is 2.16. The van der Waals surface area contributed by atoms with Crippen molar-refractivity contribution >= 4 is 0 Å². The highest BCUT2D eigenvalue weighted by Crippen LogP contribution is 2.52. The fraction of sp³-hybridized carbons (Fsp3) is 0.857. The topological polar surface area (TPSA) is 43.6 Å². The predicted molar refractivity (Wildman–Crippen MR) is 38.0 cm³/mol. The first kappa shape index (κ1) is 5.69. The Kier molecular flexibility index (Phi) is 0.840. The molecular weight excluding hydrogens is 140 g/mol. The van der Waals surface area contributed by atoms with Gasteiger partial charge in [-0.05, 0) is 36.1 Å². The number of hydrogen-bond acceptors (Lipinski definition) is 3. The van der Waals surface area contributed by atoms with Gasteiger partial charge in [0.25, 0.3) is 0 Å². The van der Waals surface area contributed by atoms with E-state index < -0.39 is 0 Å². The highest BCUT2D eigenvalue weighted by Gasteiger charge is 2.49. The monoisotopic (exact) mass is 150 g/mol. The molecule has 0 N–H and O–H groups in total. The molecule has 0 amide bonds. The number of rotatable bonds is 0. The zero-order valence-electron chi connectivity index (χ0n) is 6.32. The summed E-state index contributed by atoms with van der Waals surface area (Å²) in [4.78, 5) is 0. The SMILES string of the molecule is C1Cn2nnnc2C2(C1)CC2. The normalized spacial score (nSPS) is 25.1. The van der Waals surface area contributed by atoms with Crippen molar-refractivity contribution in [2.75, 3.05) is 0 Å². The van der Waals surface area contributed by atoms with Crippen molar-refractivity contribution in [3.05, 3.63) is 5.82 Å². The van der Waals surface area contributed by atoms with Gasteiger partial charge in [0, 0.05) is 12.0 Å². The smallest absolute Gasteiger partial charge is 0.157 e. The number of aromatic nitrogens is 4. The highest BCUT2D eigenvalue weighted by molar-refractivity contribution is 5.18. The maximum Gasteiger partial charge on any atom is 0.157 e. The number of tetrazole rings is 1. The van der Waals surface area contributed by atoms with E-state index >= 15 is 0 Å². The lowest BCUT2D eigenvalue weighted by Crippen LogP contribution is -2.22. The molecule has 0 atom stereocenters. The van der Waals surface area contributed by atoms with Crippen LogP contribution in [0.4, 0.5) is 0 Å². The van der Waals surface area contributed by atoms with Crippen molar-refractivity contribution in [3.63, 3.8) is 0 Å². The average molecular weight is 150 g/mol. The Hall–Kier alpha value is -0.930. The summed E-state index contributed by atoms with van der Waals surface area (Å²) in [6.07, 6.45) is 5.14. The van der Waals surface area contributed by atoms with Crippen molar-refractivity contribution in [2.45, 2.75) is 37.6 Å². The first-order chi connectivity index (χ1) is 5.41. The summed E-state index contributed by atoms with van der Waals surface area (Å²) in [6, 6.07) is 0. The Morgan fingerprint density at radius 1 is 1.27 bits per heavy atom. The van der Waals surface area contributed by atoms with E-state index in [1.807, 2.05) is 4.68 Å². The molecular formula is C7H10N4. The molecule has 3 rings (SSSR count). The lowest BCUT2D eigenvalue weighted by molar-refractivity contribution is 0.400. The van der Waals surface area contributed by atoms with Gasteiger partial charge >= 0.3 is 0 Å². The Morgan fingerprint density at radius 2 is 2.18 bits per heavy atom. The van der Waals surface area contributed by atoms with Crippen LogP contribution in [-0.2, 0) is 12.0 Å². The molecule has 1 aromatic heterocycles. The molecule has 11 heavy (non-hydrogen) atoms. The van der Waals surface area contributed by atoms with Crippen molar-refractivity contribution in [1.29, 1.82) is 0 Å². The Morgan fingerprint density at radius 3 is 3.00 bits per heavy atom. The second kappa shape index (κ2) is 1.62. The van der Waals surface area contributed by atoms with E-state index in [4.69, 9.17) is 0 Å². The Labute approximate surface area is 64.6 Å². The molecule has 4 heteroatoms. The van der Waals surface area contributed by atoms with Gasteiger partial charge in [-0.15, -0.1) is 5.10 Å². The quantitative estimate of drug-likeness (QED) is 0.541. The van der Waals surface area contributed by atoms with Gasteiger partial charge in [-0.25, -0.2) is 4.68 Å². The molecule has 0 unspecified atom stereocenters. The fourth-order valence-corrected chi connectivity index (χ4v) is 2.04. The molecule has 58 valence electrons. The van der Waals surface area contributed by atoms with E-state index in [1.54, 1.807) is 0 Å². The number of hydrogen-bond donors (Lipinski definition) is 0. The molecule has 0 saturated heterocycles. The summed E-state index contributed by atoms with van der Waals surface area (Å²) in [5.74, 6) is 1.14. The van der Waals surface area contributed by atoms with Gasteiger partial charge in [0.15, 0.2) is 5.82 Å². The van der Waals surface area contributed by atoms with Gasteiger partial charge in [0.2, 0.25) is 0 Å². The molecule has 2 aliphatic rings. The van der Waals surface area contributed by atoms with Crippen LogP contribution in [0.1, 0.15) is 31.5 Å². The average Bonchev–Trinajstić information content (AvgIpc) is 2.63. The van der Waals surface area contributed by atoms with Crippen LogP contribution in [0.3, 0.4) is 0 Å². The third-order valence-corrected chi connectivity index (χ3v) is 2.89. The minimum atomic E-state index is 0.418. The fourth-order valence-electron chi connectivity index (χ4n) is 2.04. The van der Waals surface area contributed by atoms with Gasteiger partial charge in [-0.2, -0.15) is 0 Å². The van der Waals surface area contributed by atoms with E-state index in [2.05, 4.69) is 15.5 Å². The summed E-state index contributed by atoms with van der Waals surface area (Å²) in [5, 5.41) is 11.7. The molecule has 1 aliphatic heterocycles. The van der Waals surface area contributed by atoms with Crippen LogP contribution >= 0.6 is 0 Å². The molecule has 1 fully saturated rings. The van der Waals surface area contributed by atoms with E-state index in [-0.39, 0.29) is 0 Å². The van der Waals surface area contributed by atoms with Crippen LogP contribution in [-0.4, -0.2) is 20.2 Å². The zero-order valence-corrected chi connectivity index (χ0v) is 6.32. The van der Waals surface area contributed by atoms with Gasteiger partial charge in [0.1, 0.15) is 0 Å². The van der Waals surface area contributed by atoms with Crippen LogP contribution in [0.2, 0.25) is 0 Å². The summed E-state index contributed by atoms with van der Waals surface area (Å²) in [6.45, 7) is 1.02. The molecule has 1 saturated carbocycles. The molecule has 1 spiro atoms. The first-order valence-electron chi connectivity index (χ1n) is 4.17. The lowest BCUT2D eigenvalue weighted by atomic mass is 9.96. The Bertz CT molecular complexity index is 286. The van der Waals surface area contributed by atoms with Gasteiger partial charge in [0.05, 0.1) is 0 Å². The van der Waals surface area contributed by atoms with Gasteiger partial charge in [-0.1, -0.05) is 0 Å². The summed E-state index contributed by atoms with van der Waals surface area (Å²) >= 11 is 0. The van der Waals surface area contributed by atoms with Crippen LogP contribution in [0.15, 0.2) is 0 Å². The largest absolute Gasteiger partial charge is 0.229 e. The zero-order chi connectivity index (χ0) is 7.31. The minimum Gasteiger partial charge on any atom is -0.229 e. The van der Waals surface area contributed by atoms with E-state index in [0.717, 1.165) is 12.4 Å². The van der Waals surface area contributed by atoms with E-state index in [1.165, 1.54) is 25.7 Å². The summed E-state index contributed by atoms with van der Waals surface area (Å²) < 4.78 is 1.97. The standard InChI is InChI=1S/C7H10N4/c1-2-7(3-4-7)6-8-9-10-11(6)5-1/h1-5H2.